The number of halogens is 1. The first-order valence-corrected chi connectivity index (χ1v) is 14.2. The van der Waals surface area contributed by atoms with Crippen LogP contribution in [0.1, 0.15) is 116 Å². The minimum Gasteiger partial charge on any atom is -0.296 e. The van der Waals surface area contributed by atoms with E-state index in [4.69, 9.17) is 4.98 Å². The molecule has 1 aromatic heterocycles. The Morgan fingerprint density at radius 2 is 1.71 bits per heavy atom. The summed E-state index contributed by atoms with van der Waals surface area (Å²) in [6.07, 6.45) is 9.02. The molecule has 0 saturated heterocycles. The molecule has 2 aromatic carbocycles. The van der Waals surface area contributed by atoms with E-state index in [1.807, 2.05) is 26.0 Å². The standard InChI is InChI=1S/C28H35BrN2O.C2H6/c1-5-9-17-28(8-4)21-16-15-20(19(11-6-2)12-7-3)18-24(21)31-23-14-10-13-22(29)25(23)26(32)30-27(28)31;1-2/h10,13-16,18-19H,5-9,11-12,17H2,1-4H3;1-2H3. The molecule has 1 aliphatic rings. The van der Waals surface area contributed by atoms with Gasteiger partial charge in [0.25, 0.3) is 5.56 Å². The van der Waals surface area contributed by atoms with Crippen LogP contribution in [-0.4, -0.2) is 9.55 Å². The molecular formula is C30H41BrN2O. The quantitative estimate of drug-likeness (QED) is 0.279. The first kappa shape index (κ1) is 26.7. The summed E-state index contributed by atoms with van der Waals surface area (Å²) in [5.41, 5.74) is 4.61. The number of hydrogen-bond acceptors (Lipinski definition) is 2. The highest BCUT2D eigenvalue weighted by Crippen LogP contribution is 2.49. The minimum atomic E-state index is -0.204. The van der Waals surface area contributed by atoms with Crippen LogP contribution in [0.5, 0.6) is 0 Å². The van der Waals surface area contributed by atoms with E-state index in [0.717, 1.165) is 41.5 Å². The van der Waals surface area contributed by atoms with Crippen molar-refractivity contribution >= 4 is 26.8 Å². The van der Waals surface area contributed by atoms with E-state index in [-0.39, 0.29) is 11.0 Å². The smallest absolute Gasteiger partial charge is 0.281 e. The van der Waals surface area contributed by atoms with Gasteiger partial charge in [0.15, 0.2) is 0 Å². The van der Waals surface area contributed by atoms with Crippen molar-refractivity contribution in [1.82, 2.24) is 9.55 Å². The van der Waals surface area contributed by atoms with Gasteiger partial charge in [-0.05, 0) is 76.9 Å². The van der Waals surface area contributed by atoms with Gasteiger partial charge in [-0.25, -0.2) is 0 Å². The van der Waals surface area contributed by atoms with E-state index in [0.29, 0.717) is 11.3 Å². The Bertz CT molecular complexity index is 1180. The molecule has 0 bridgehead atoms. The second-order valence-electron chi connectivity index (χ2n) is 9.30. The molecule has 0 amide bonds. The molecule has 4 rings (SSSR count). The molecule has 0 saturated carbocycles. The Hall–Kier alpha value is -1.94. The summed E-state index contributed by atoms with van der Waals surface area (Å²) < 4.78 is 3.12. The lowest BCUT2D eigenvalue weighted by Crippen LogP contribution is -2.29. The lowest BCUT2D eigenvalue weighted by atomic mass is 9.74. The van der Waals surface area contributed by atoms with Crippen LogP contribution in [0, 0.1) is 0 Å². The van der Waals surface area contributed by atoms with Crippen LogP contribution in [0.15, 0.2) is 45.7 Å². The van der Waals surface area contributed by atoms with Gasteiger partial charge in [-0.2, -0.15) is 4.98 Å². The fourth-order valence-corrected chi connectivity index (χ4v) is 6.25. The Balaban J connectivity index is 0.00000158. The first-order chi connectivity index (χ1) is 16.5. The average molecular weight is 526 g/mol. The third-order valence-corrected chi connectivity index (χ3v) is 8.04. The van der Waals surface area contributed by atoms with E-state index in [1.54, 1.807) is 0 Å². The molecule has 1 aliphatic heterocycles. The van der Waals surface area contributed by atoms with E-state index in [9.17, 15) is 4.79 Å². The van der Waals surface area contributed by atoms with Gasteiger partial charge in [0.2, 0.25) is 0 Å². The molecular weight excluding hydrogens is 484 g/mol. The predicted octanol–water partition coefficient (Wildman–Crippen LogP) is 9.06. The van der Waals surface area contributed by atoms with Gasteiger partial charge >= 0.3 is 0 Å². The van der Waals surface area contributed by atoms with Crippen molar-refractivity contribution in [3.63, 3.8) is 0 Å². The molecule has 184 valence electrons. The number of fused-ring (bicyclic) bond motifs is 5. The molecule has 0 N–H and O–H groups in total. The topological polar surface area (TPSA) is 34.9 Å². The third-order valence-electron chi connectivity index (χ3n) is 7.38. The normalized spacial score (nSPS) is 16.4. The summed E-state index contributed by atoms with van der Waals surface area (Å²) in [6.45, 7) is 13.0. The summed E-state index contributed by atoms with van der Waals surface area (Å²) in [6, 6.07) is 13.2. The summed E-state index contributed by atoms with van der Waals surface area (Å²) in [7, 11) is 0. The monoisotopic (exact) mass is 524 g/mol. The number of hydrogen-bond donors (Lipinski definition) is 0. The maximum absolute atomic E-state index is 13.2. The third kappa shape index (κ3) is 4.51. The lowest BCUT2D eigenvalue weighted by molar-refractivity contribution is 0.425. The summed E-state index contributed by atoms with van der Waals surface area (Å²) in [4.78, 5) is 17.9. The SMILES string of the molecule is CC.CCCCC1(CC)c2ccc(C(CCC)CCC)cc2-n2c1nc(=O)c1c(Br)cccc12. The van der Waals surface area contributed by atoms with Gasteiger partial charge < -0.3 is 0 Å². The van der Waals surface area contributed by atoms with Crippen molar-refractivity contribution < 1.29 is 0 Å². The molecule has 0 aliphatic carbocycles. The number of unbranched alkanes of at least 4 members (excludes halogenated alkanes) is 1. The molecule has 3 nitrogen and oxygen atoms in total. The Morgan fingerprint density at radius 1 is 1.00 bits per heavy atom. The van der Waals surface area contributed by atoms with Gasteiger partial charge in [0.1, 0.15) is 5.82 Å². The predicted molar refractivity (Wildman–Crippen MR) is 150 cm³/mol. The number of nitrogens with zero attached hydrogens (tertiary/aromatic N) is 2. The van der Waals surface area contributed by atoms with Gasteiger partial charge in [0.05, 0.1) is 22.0 Å². The van der Waals surface area contributed by atoms with E-state index in [2.05, 4.69) is 72.5 Å². The van der Waals surface area contributed by atoms with Crippen LogP contribution >= 0.6 is 15.9 Å². The number of aromatic nitrogens is 2. The van der Waals surface area contributed by atoms with Crippen LogP contribution < -0.4 is 5.56 Å². The Morgan fingerprint density at radius 3 is 2.32 bits per heavy atom. The van der Waals surface area contributed by atoms with Crippen molar-refractivity contribution in [2.75, 3.05) is 0 Å². The maximum Gasteiger partial charge on any atom is 0.281 e. The zero-order valence-electron chi connectivity index (χ0n) is 21.9. The molecule has 3 aromatic rings. The van der Waals surface area contributed by atoms with E-state index < -0.39 is 0 Å². The molecule has 0 radical (unpaired) electrons. The molecule has 34 heavy (non-hydrogen) atoms. The van der Waals surface area contributed by atoms with Crippen molar-refractivity contribution in [2.24, 2.45) is 0 Å². The van der Waals surface area contributed by atoms with Gasteiger partial charge in [-0.3, -0.25) is 9.36 Å². The molecule has 4 heteroatoms. The highest BCUT2D eigenvalue weighted by Gasteiger charge is 2.44. The van der Waals surface area contributed by atoms with Crippen LogP contribution in [0.4, 0.5) is 0 Å². The second kappa shape index (κ2) is 11.7. The highest BCUT2D eigenvalue weighted by molar-refractivity contribution is 9.10. The highest BCUT2D eigenvalue weighted by atomic mass is 79.9. The largest absolute Gasteiger partial charge is 0.296 e. The van der Waals surface area contributed by atoms with Crippen LogP contribution in [-0.2, 0) is 5.41 Å². The van der Waals surface area contributed by atoms with Crippen LogP contribution in [0.2, 0.25) is 0 Å². The zero-order chi connectivity index (χ0) is 24.9. The van der Waals surface area contributed by atoms with Gasteiger partial charge in [-0.15, -0.1) is 0 Å². The van der Waals surface area contributed by atoms with Crippen LogP contribution in [0.3, 0.4) is 0 Å². The van der Waals surface area contributed by atoms with Crippen LogP contribution in [0.25, 0.3) is 16.6 Å². The van der Waals surface area contributed by atoms with E-state index >= 15 is 0 Å². The molecule has 1 atom stereocenters. The Labute approximate surface area is 214 Å². The fraction of sp³-hybridized carbons (Fsp3) is 0.533. The molecule has 2 heterocycles. The van der Waals surface area contributed by atoms with Crippen molar-refractivity contribution in [2.45, 2.75) is 104 Å². The minimum absolute atomic E-state index is 0.129. The lowest BCUT2D eigenvalue weighted by Gasteiger charge is -2.28. The number of benzene rings is 2. The first-order valence-electron chi connectivity index (χ1n) is 13.4. The molecule has 0 spiro atoms. The van der Waals surface area contributed by atoms with Gasteiger partial charge in [0, 0.05) is 4.47 Å². The van der Waals surface area contributed by atoms with E-state index in [1.165, 1.54) is 42.5 Å². The fourth-order valence-electron chi connectivity index (χ4n) is 5.73. The van der Waals surface area contributed by atoms with Crippen molar-refractivity contribution in [3.8, 4) is 5.69 Å². The summed E-state index contributed by atoms with van der Waals surface area (Å²) in [5.74, 6) is 1.51. The van der Waals surface area contributed by atoms with Crippen molar-refractivity contribution in [1.29, 1.82) is 0 Å². The molecule has 1 unspecified atom stereocenters. The Kier molecular flexibility index (Phi) is 9.14. The number of rotatable bonds is 9. The zero-order valence-corrected chi connectivity index (χ0v) is 23.5. The summed E-state index contributed by atoms with van der Waals surface area (Å²) >= 11 is 3.61. The molecule has 0 fully saturated rings. The van der Waals surface area contributed by atoms with Crippen molar-refractivity contribution in [3.05, 3.63) is 68.2 Å². The second-order valence-corrected chi connectivity index (χ2v) is 10.2. The van der Waals surface area contributed by atoms with Gasteiger partial charge in [-0.1, -0.05) is 85.4 Å². The average Bonchev–Trinajstić information content (AvgIpc) is 3.13. The summed E-state index contributed by atoms with van der Waals surface area (Å²) in [5, 5.41) is 0.675. The maximum atomic E-state index is 13.2.